The van der Waals surface area contributed by atoms with Gasteiger partial charge < -0.3 is 14.8 Å². The molecule has 0 heterocycles. The average molecular weight is 452 g/mol. The molecule has 1 amide bonds. The van der Waals surface area contributed by atoms with E-state index >= 15 is 0 Å². The van der Waals surface area contributed by atoms with Crippen LogP contribution in [0.5, 0.6) is 11.5 Å². The molecule has 25 heavy (non-hydrogen) atoms. The van der Waals surface area contributed by atoms with Crippen LogP contribution in [0.1, 0.15) is 5.56 Å². The molecule has 5 nitrogen and oxygen atoms in total. The lowest BCUT2D eigenvalue weighted by molar-refractivity contribution is -0.112. The van der Waals surface area contributed by atoms with Gasteiger partial charge >= 0.3 is 0 Å². The van der Waals surface area contributed by atoms with Crippen LogP contribution in [0.3, 0.4) is 0 Å². The van der Waals surface area contributed by atoms with Crippen molar-refractivity contribution in [1.82, 2.24) is 0 Å². The Morgan fingerprint density at radius 3 is 2.60 bits per heavy atom. The zero-order valence-electron chi connectivity index (χ0n) is 13.5. The molecule has 0 aliphatic heterocycles. The number of benzene rings is 2. The van der Waals surface area contributed by atoms with Crippen molar-refractivity contribution in [1.29, 1.82) is 5.26 Å². The first-order valence-electron chi connectivity index (χ1n) is 7.09. The molecular formula is C18H14FIN2O3. The van der Waals surface area contributed by atoms with Crippen LogP contribution in [0.25, 0.3) is 6.08 Å². The summed E-state index contributed by atoms with van der Waals surface area (Å²) in [5.74, 6) is -0.229. The molecule has 0 saturated heterocycles. The van der Waals surface area contributed by atoms with Gasteiger partial charge in [-0.3, -0.25) is 4.79 Å². The van der Waals surface area contributed by atoms with Gasteiger partial charge in [0.15, 0.2) is 11.5 Å². The lowest BCUT2D eigenvalue weighted by atomic mass is 10.1. The molecule has 0 atom stereocenters. The number of carbonyl (C=O) groups excluding carboxylic acids is 1. The van der Waals surface area contributed by atoms with E-state index in [1.807, 2.05) is 6.07 Å². The van der Waals surface area contributed by atoms with Crippen LogP contribution in [-0.2, 0) is 4.79 Å². The Bertz CT molecular complexity index is 875. The van der Waals surface area contributed by atoms with Crippen LogP contribution in [0.2, 0.25) is 0 Å². The SMILES string of the molecule is COc1cc(/C=C(\C#N)C(=O)Nc2ccccc2F)cc(I)c1OC. The lowest BCUT2D eigenvalue weighted by Gasteiger charge is -2.11. The first-order chi connectivity index (χ1) is 12.0. The molecule has 2 aromatic carbocycles. The standard InChI is InChI=1S/C18H14FIN2O3/c1-24-16-9-11(8-14(20)17(16)25-2)7-12(10-21)18(23)22-15-6-4-3-5-13(15)19/h3-9H,1-2H3,(H,22,23)/b12-7+. The monoisotopic (exact) mass is 452 g/mol. The summed E-state index contributed by atoms with van der Waals surface area (Å²) in [7, 11) is 3.02. The van der Waals surface area contributed by atoms with E-state index in [0.29, 0.717) is 17.1 Å². The quantitative estimate of drug-likeness (QED) is 0.423. The topological polar surface area (TPSA) is 71.3 Å². The molecule has 0 saturated carbocycles. The van der Waals surface area contributed by atoms with Crippen LogP contribution in [0.4, 0.5) is 10.1 Å². The number of rotatable bonds is 5. The first kappa shape index (κ1) is 18.7. The van der Waals surface area contributed by atoms with Gasteiger partial charge in [0.05, 0.1) is 23.5 Å². The Balaban J connectivity index is 2.34. The van der Waals surface area contributed by atoms with Crippen LogP contribution in [0, 0.1) is 20.7 Å². The summed E-state index contributed by atoms with van der Waals surface area (Å²) in [6, 6.07) is 11.0. The number of methoxy groups -OCH3 is 2. The average Bonchev–Trinajstić information content (AvgIpc) is 2.60. The molecule has 0 unspecified atom stereocenters. The van der Waals surface area contributed by atoms with Crippen molar-refractivity contribution in [3.8, 4) is 17.6 Å². The van der Waals surface area contributed by atoms with Gasteiger partial charge in [-0.15, -0.1) is 0 Å². The van der Waals surface area contributed by atoms with Gasteiger partial charge in [-0.05, 0) is 58.5 Å². The minimum atomic E-state index is -0.697. The molecule has 0 radical (unpaired) electrons. The molecule has 2 aromatic rings. The summed E-state index contributed by atoms with van der Waals surface area (Å²) < 4.78 is 24.9. The number of para-hydroxylation sites is 1. The molecular weight excluding hydrogens is 438 g/mol. The molecule has 128 valence electrons. The van der Waals surface area contributed by atoms with Gasteiger partial charge in [0.1, 0.15) is 17.5 Å². The van der Waals surface area contributed by atoms with E-state index in [4.69, 9.17) is 9.47 Å². The number of carbonyl (C=O) groups is 1. The van der Waals surface area contributed by atoms with Crippen LogP contribution < -0.4 is 14.8 Å². The second-order valence-corrected chi connectivity index (χ2v) is 6.00. The smallest absolute Gasteiger partial charge is 0.266 e. The molecule has 0 aromatic heterocycles. The number of nitrogens with one attached hydrogen (secondary N) is 1. The van der Waals surface area contributed by atoms with Gasteiger partial charge in [-0.25, -0.2) is 4.39 Å². The number of hydrogen-bond donors (Lipinski definition) is 1. The van der Waals surface area contributed by atoms with Crippen molar-refractivity contribution >= 4 is 40.3 Å². The van der Waals surface area contributed by atoms with Crippen molar-refractivity contribution in [2.45, 2.75) is 0 Å². The summed E-state index contributed by atoms with van der Waals surface area (Å²) in [4.78, 5) is 12.2. The molecule has 0 fully saturated rings. The van der Waals surface area contributed by atoms with Gasteiger partial charge in [-0.1, -0.05) is 12.1 Å². The van der Waals surface area contributed by atoms with Crippen LogP contribution in [-0.4, -0.2) is 20.1 Å². The van der Waals surface area contributed by atoms with E-state index in [9.17, 15) is 14.4 Å². The second-order valence-electron chi connectivity index (χ2n) is 4.84. The molecule has 7 heteroatoms. The lowest BCUT2D eigenvalue weighted by Crippen LogP contribution is -2.14. The second kappa shape index (κ2) is 8.48. The zero-order valence-corrected chi connectivity index (χ0v) is 15.6. The predicted molar refractivity (Wildman–Crippen MR) is 101 cm³/mol. The Labute approximate surface area is 158 Å². The fourth-order valence-electron chi connectivity index (χ4n) is 2.09. The van der Waals surface area contributed by atoms with Crippen molar-refractivity contribution < 1.29 is 18.7 Å². The van der Waals surface area contributed by atoms with Crippen molar-refractivity contribution in [3.05, 3.63) is 56.9 Å². The van der Waals surface area contributed by atoms with E-state index in [2.05, 4.69) is 27.9 Å². The van der Waals surface area contributed by atoms with Crippen LogP contribution >= 0.6 is 22.6 Å². The van der Waals surface area contributed by atoms with Crippen LogP contribution in [0.15, 0.2) is 42.0 Å². The third-order valence-corrected chi connectivity index (χ3v) is 4.06. The van der Waals surface area contributed by atoms with Crippen molar-refractivity contribution in [2.24, 2.45) is 0 Å². The third kappa shape index (κ3) is 4.48. The highest BCUT2D eigenvalue weighted by molar-refractivity contribution is 14.1. The van der Waals surface area contributed by atoms with E-state index in [1.54, 1.807) is 18.2 Å². The summed E-state index contributed by atoms with van der Waals surface area (Å²) >= 11 is 2.07. The molecule has 0 spiro atoms. The molecule has 1 N–H and O–H groups in total. The minimum absolute atomic E-state index is 0.00976. The first-order valence-corrected chi connectivity index (χ1v) is 8.17. The minimum Gasteiger partial charge on any atom is -0.493 e. The number of nitrogens with zero attached hydrogens (tertiary/aromatic N) is 1. The number of halogens is 2. The van der Waals surface area contributed by atoms with E-state index < -0.39 is 11.7 Å². The molecule has 2 rings (SSSR count). The Morgan fingerprint density at radius 2 is 2.00 bits per heavy atom. The van der Waals surface area contributed by atoms with Crippen molar-refractivity contribution in [2.75, 3.05) is 19.5 Å². The summed E-state index contributed by atoms with van der Waals surface area (Å²) in [6.07, 6.45) is 1.40. The Morgan fingerprint density at radius 1 is 1.28 bits per heavy atom. The van der Waals surface area contributed by atoms with Gasteiger partial charge in [0, 0.05) is 0 Å². The predicted octanol–water partition coefficient (Wildman–Crippen LogP) is 3.99. The highest BCUT2D eigenvalue weighted by Crippen LogP contribution is 2.34. The number of amides is 1. The highest BCUT2D eigenvalue weighted by Gasteiger charge is 2.14. The molecule has 0 aliphatic rings. The van der Waals surface area contributed by atoms with Gasteiger partial charge in [-0.2, -0.15) is 5.26 Å². The zero-order chi connectivity index (χ0) is 18.4. The number of hydrogen-bond acceptors (Lipinski definition) is 4. The maximum atomic E-state index is 13.6. The normalized spacial score (nSPS) is 10.8. The van der Waals surface area contributed by atoms with E-state index in [0.717, 1.165) is 3.57 Å². The largest absolute Gasteiger partial charge is 0.493 e. The third-order valence-electron chi connectivity index (χ3n) is 3.25. The number of nitriles is 1. The fraction of sp³-hybridized carbons (Fsp3) is 0.111. The van der Waals surface area contributed by atoms with Gasteiger partial charge in [0.25, 0.3) is 5.91 Å². The summed E-state index contributed by atoms with van der Waals surface area (Å²) in [5, 5.41) is 11.7. The summed E-state index contributed by atoms with van der Waals surface area (Å²) in [5.41, 5.74) is 0.434. The Kier molecular flexibility index (Phi) is 6.36. The molecule has 0 bridgehead atoms. The maximum absolute atomic E-state index is 13.6. The number of anilines is 1. The maximum Gasteiger partial charge on any atom is 0.266 e. The fourth-order valence-corrected chi connectivity index (χ4v) is 2.93. The van der Waals surface area contributed by atoms with E-state index in [-0.39, 0.29) is 11.3 Å². The Hall–Kier alpha value is -2.60. The number of ether oxygens (including phenoxy) is 2. The highest BCUT2D eigenvalue weighted by atomic mass is 127. The van der Waals surface area contributed by atoms with E-state index in [1.165, 1.54) is 38.5 Å². The van der Waals surface area contributed by atoms with Gasteiger partial charge in [0.2, 0.25) is 0 Å². The van der Waals surface area contributed by atoms with Crippen molar-refractivity contribution in [3.63, 3.8) is 0 Å². The molecule has 0 aliphatic carbocycles. The summed E-state index contributed by atoms with van der Waals surface area (Å²) in [6.45, 7) is 0.